The number of hydrogen-bond acceptors (Lipinski definition) is 7. The van der Waals surface area contributed by atoms with Gasteiger partial charge in [0.25, 0.3) is 0 Å². The number of nitrogens with one attached hydrogen (secondary N) is 1. The second-order valence-corrected chi connectivity index (χ2v) is 7.07. The molecule has 3 aromatic heterocycles. The Hall–Kier alpha value is -2.58. The van der Waals surface area contributed by atoms with Crippen LogP contribution in [-0.4, -0.2) is 62.5 Å². The molecule has 0 bridgehead atoms. The van der Waals surface area contributed by atoms with E-state index in [1.54, 1.807) is 10.8 Å². The van der Waals surface area contributed by atoms with Crippen molar-refractivity contribution < 1.29 is 4.74 Å². The summed E-state index contributed by atoms with van der Waals surface area (Å²) in [5, 5.41) is 16.4. The van der Waals surface area contributed by atoms with Gasteiger partial charge in [0.1, 0.15) is 6.33 Å². The van der Waals surface area contributed by atoms with E-state index < -0.39 is 0 Å². The Morgan fingerprint density at radius 1 is 1.26 bits per heavy atom. The zero-order valence-electron chi connectivity index (χ0n) is 15.7. The van der Waals surface area contributed by atoms with E-state index in [2.05, 4.69) is 56.5 Å². The Morgan fingerprint density at radius 2 is 2.11 bits per heavy atom. The Labute approximate surface area is 158 Å². The van der Waals surface area contributed by atoms with Crippen molar-refractivity contribution in [3.05, 3.63) is 48.2 Å². The minimum atomic E-state index is 0.209. The molecule has 142 valence electrons. The minimum absolute atomic E-state index is 0.209. The smallest absolute Gasteiger partial charge is 0.200 e. The fourth-order valence-electron chi connectivity index (χ4n) is 3.38. The molecular formula is C19H25N7O. The maximum atomic E-state index is 5.53. The third kappa shape index (κ3) is 3.91. The lowest BCUT2D eigenvalue weighted by molar-refractivity contribution is 0.0186. The number of pyridine rings is 1. The van der Waals surface area contributed by atoms with Crippen LogP contribution in [0.5, 0.6) is 0 Å². The number of morpholine rings is 1. The summed E-state index contributed by atoms with van der Waals surface area (Å²) in [5.74, 6) is 0.325. The predicted octanol–water partition coefficient (Wildman–Crippen LogP) is 2.13. The molecule has 0 amide bonds. The third-order valence-corrected chi connectivity index (χ3v) is 4.92. The average Bonchev–Trinajstić information content (AvgIpc) is 3.18. The van der Waals surface area contributed by atoms with Crippen molar-refractivity contribution in [2.75, 3.05) is 38.2 Å². The SMILES string of the molecule is CC(C)c1cc(NCC(c2cccnc2)N2CCOCC2)c2nncn2n1. The van der Waals surface area contributed by atoms with Crippen molar-refractivity contribution in [3.63, 3.8) is 0 Å². The van der Waals surface area contributed by atoms with E-state index in [1.807, 2.05) is 18.5 Å². The van der Waals surface area contributed by atoms with Crippen molar-refractivity contribution in [2.45, 2.75) is 25.8 Å². The first-order chi connectivity index (χ1) is 13.2. The summed E-state index contributed by atoms with van der Waals surface area (Å²) in [6, 6.07) is 6.41. The van der Waals surface area contributed by atoms with Gasteiger partial charge in [0, 0.05) is 32.0 Å². The molecule has 0 aromatic carbocycles. The van der Waals surface area contributed by atoms with Crippen LogP contribution in [0.3, 0.4) is 0 Å². The topological polar surface area (TPSA) is 80.5 Å². The van der Waals surface area contributed by atoms with Crippen molar-refractivity contribution in [2.24, 2.45) is 0 Å². The molecule has 1 N–H and O–H groups in total. The second kappa shape index (κ2) is 7.98. The van der Waals surface area contributed by atoms with Crippen LogP contribution in [0.25, 0.3) is 5.65 Å². The highest BCUT2D eigenvalue weighted by molar-refractivity contribution is 5.66. The third-order valence-electron chi connectivity index (χ3n) is 4.92. The summed E-state index contributed by atoms with van der Waals surface area (Å²) in [6.45, 7) is 8.36. The number of ether oxygens (including phenoxy) is 1. The van der Waals surface area contributed by atoms with Crippen molar-refractivity contribution >= 4 is 11.3 Å². The van der Waals surface area contributed by atoms with Crippen LogP contribution in [0.1, 0.15) is 37.1 Å². The molecule has 1 atom stereocenters. The second-order valence-electron chi connectivity index (χ2n) is 7.07. The van der Waals surface area contributed by atoms with E-state index in [1.165, 1.54) is 5.56 Å². The van der Waals surface area contributed by atoms with E-state index >= 15 is 0 Å². The molecule has 0 spiro atoms. The number of aromatic nitrogens is 5. The summed E-state index contributed by atoms with van der Waals surface area (Å²) in [7, 11) is 0. The highest BCUT2D eigenvalue weighted by Crippen LogP contribution is 2.24. The summed E-state index contributed by atoms with van der Waals surface area (Å²) in [4.78, 5) is 6.76. The molecule has 0 aliphatic carbocycles. The normalized spacial score (nSPS) is 16.7. The zero-order valence-corrected chi connectivity index (χ0v) is 15.7. The molecule has 0 radical (unpaired) electrons. The van der Waals surface area contributed by atoms with E-state index in [0.717, 1.165) is 49.9 Å². The number of nitrogens with zero attached hydrogens (tertiary/aromatic N) is 6. The average molecular weight is 367 g/mol. The van der Waals surface area contributed by atoms with E-state index in [4.69, 9.17) is 4.74 Å². The summed E-state index contributed by atoms with van der Waals surface area (Å²) < 4.78 is 7.27. The van der Waals surface area contributed by atoms with Gasteiger partial charge in [0.05, 0.1) is 30.6 Å². The fourth-order valence-corrected chi connectivity index (χ4v) is 3.38. The molecule has 1 saturated heterocycles. The van der Waals surface area contributed by atoms with Crippen molar-refractivity contribution in [1.82, 2.24) is 29.7 Å². The van der Waals surface area contributed by atoms with Gasteiger partial charge in [0.2, 0.25) is 5.65 Å². The summed E-state index contributed by atoms with van der Waals surface area (Å²) in [6.07, 6.45) is 5.40. The van der Waals surface area contributed by atoms with Gasteiger partial charge in [-0.3, -0.25) is 9.88 Å². The van der Waals surface area contributed by atoms with Crippen LogP contribution in [0.2, 0.25) is 0 Å². The van der Waals surface area contributed by atoms with E-state index in [9.17, 15) is 0 Å². The fraction of sp³-hybridized carbons (Fsp3) is 0.474. The largest absolute Gasteiger partial charge is 0.380 e. The van der Waals surface area contributed by atoms with Gasteiger partial charge in [-0.15, -0.1) is 10.2 Å². The lowest BCUT2D eigenvalue weighted by Gasteiger charge is -2.35. The molecule has 1 fully saturated rings. The number of anilines is 1. The van der Waals surface area contributed by atoms with Gasteiger partial charge in [-0.2, -0.15) is 9.61 Å². The summed E-state index contributed by atoms with van der Waals surface area (Å²) >= 11 is 0. The van der Waals surface area contributed by atoms with Gasteiger partial charge < -0.3 is 10.1 Å². The first kappa shape index (κ1) is 17.8. The lowest BCUT2D eigenvalue weighted by Crippen LogP contribution is -2.41. The van der Waals surface area contributed by atoms with Gasteiger partial charge in [-0.05, 0) is 23.6 Å². The van der Waals surface area contributed by atoms with E-state index in [-0.39, 0.29) is 6.04 Å². The van der Waals surface area contributed by atoms with Gasteiger partial charge in [-0.1, -0.05) is 19.9 Å². The lowest BCUT2D eigenvalue weighted by atomic mass is 10.1. The molecule has 1 unspecified atom stereocenters. The highest BCUT2D eigenvalue weighted by Gasteiger charge is 2.23. The van der Waals surface area contributed by atoms with E-state index in [0.29, 0.717) is 5.92 Å². The molecule has 8 nitrogen and oxygen atoms in total. The van der Waals surface area contributed by atoms with Crippen LogP contribution < -0.4 is 5.32 Å². The molecule has 1 aliphatic rings. The molecule has 4 heterocycles. The highest BCUT2D eigenvalue weighted by atomic mass is 16.5. The quantitative estimate of drug-likeness (QED) is 0.715. The number of fused-ring (bicyclic) bond motifs is 1. The van der Waals surface area contributed by atoms with Crippen LogP contribution >= 0.6 is 0 Å². The van der Waals surface area contributed by atoms with Crippen LogP contribution in [0, 0.1) is 0 Å². The molecule has 3 aromatic rings. The maximum absolute atomic E-state index is 5.53. The minimum Gasteiger partial charge on any atom is -0.380 e. The van der Waals surface area contributed by atoms with Crippen molar-refractivity contribution in [3.8, 4) is 0 Å². The monoisotopic (exact) mass is 367 g/mol. The van der Waals surface area contributed by atoms with Gasteiger partial charge in [-0.25, -0.2) is 0 Å². The van der Waals surface area contributed by atoms with Crippen LogP contribution in [-0.2, 0) is 4.74 Å². The predicted molar refractivity (Wildman–Crippen MR) is 103 cm³/mol. The molecule has 0 saturated carbocycles. The molecular weight excluding hydrogens is 342 g/mol. The first-order valence-electron chi connectivity index (χ1n) is 9.39. The Balaban J connectivity index is 1.61. The summed E-state index contributed by atoms with van der Waals surface area (Å²) in [5.41, 5.74) is 3.90. The maximum Gasteiger partial charge on any atom is 0.200 e. The molecule has 27 heavy (non-hydrogen) atoms. The molecule has 8 heteroatoms. The molecule has 4 rings (SSSR count). The Morgan fingerprint density at radius 3 is 2.85 bits per heavy atom. The Bertz CT molecular complexity index is 874. The molecule has 1 aliphatic heterocycles. The first-order valence-corrected chi connectivity index (χ1v) is 9.39. The zero-order chi connectivity index (χ0) is 18.6. The standard InChI is InChI=1S/C19H25N7O/c1-14(2)16-10-17(19-23-22-13-26(19)24-16)21-12-18(15-4-3-5-20-11-15)25-6-8-27-9-7-25/h3-5,10-11,13-14,18,21H,6-9,12H2,1-2H3. The van der Waals surface area contributed by atoms with Gasteiger partial charge >= 0.3 is 0 Å². The number of rotatable bonds is 6. The Kier molecular flexibility index (Phi) is 5.26. The number of hydrogen-bond donors (Lipinski definition) is 1. The van der Waals surface area contributed by atoms with Crippen LogP contribution in [0.15, 0.2) is 36.9 Å². The van der Waals surface area contributed by atoms with Crippen LogP contribution in [0.4, 0.5) is 5.69 Å². The van der Waals surface area contributed by atoms with Gasteiger partial charge in [0.15, 0.2) is 0 Å². The van der Waals surface area contributed by atoms with Crippen molar-refractivity contribution in [1.29, 1.82) is 0 Å².